The summed E-state index contributed by atoms with van der Waals surface area (Å²) in [6.45, 7) is 11.6. The van der Waals surface area contributed by atoms with Crippen LogP contribution in [0.3, 0.4) is 0 Å². The molecule has 0 saturated carbocycles. The predicted molar refractivity (Wildman–Crippen MR) is 74.9 cm³/mol. The van der Waals surface area contributed by atoms with E-state index in [1.165, 1.54) is 64.5 Å². The molecule has 0 aromatic rings. The molecule has 0 aliphatic heterocycles. The van der Waals surface area contributed by atoms with Crippen LogP contribution < -0.4 is 5.32 Å². The molecular formula is C15H33N. The fraction of sp³-hybridized carbons (Fsp3) is 1.00. The van der Waals surface area contributed by atoms with Crippen molar-refractivity contribution in [2.75, 3.05) is 13.1 Å². The fourth-order valence-corrected chi connectivity index (χ4v) is 2.40. The SMILES string of the molecule is CCCCCCC(CC)(CC)CNCCC. The Labute approximate surface area is 103 Å². The highest BCUT2D eigenvalue weighted by Crippen LogP contribution is 2.32. The highest BCUT2D eigenvalue weighted by molar-refractivity contribution is 4.79. The molecule has 0 unspecified atom stereocenters. The molecule has 0 amide bonds. The van der Waals surface area contributed by atoms with Gasteiger partial charge in [-0.2, -0.15) is 0 Å². The van der Waals surface area contributed by atoms with E-state index in [9.17, 15) is 0 Å². The van der Waals surface area contributed by atoms with E-state index in [-0.39, 0.29) is 0 Å². The molecule has 0 aliphatic rings. The second kappa shape index (κ2) is 10.1. The first kappa shape index (κ1) is 16.0. The smallest absolute Gasteiger partial charge is 0.000760 e. The maximum absolute atomic E-state index is 3.62. The Morgan fingerprint density at radius 2 is 1.50 bits per heavy atom. The average Bonchev–Trinajstić information content (AvgIpc) is 2.33. The molecule has 0 heterocycles. The van der Waals surface area contributed by atoms with Crippen LogP contribution in [0.15, 0.2) is 0 Å². The summed E-state index contributed by atoms with van der Waals surface area (Å²) in [6, 6.07) is 0. The van der Waals surface area contributed by atoms with Crippen LogP contribution in [0.1, 0.15) is 79.1 Å². The third-order valence-electron chi connectivity index (χ3n) is 3.99. The van der Waals surface area contributed by atoms with Gasteiger partial charge in [-0.15, -0.1) is 0 Å². The van der Waals surface area contributed by atoms with Gasteiger partial charge in [0.1, 0.15) is 0 Å². The molecule has 0 bridgehead atoms. The van der Waals surface area contributed by atoms with Gasteiger partial charge < -0.3 is 5.32 Å². The summed E-state index contributed by atoms with van der Waals surface area (Å²) in [5.74, 6) is 0. The Morgan fingerprint density at radius 3 is 2.00 bits per heavy atom. The van der Waals surface area contributed by atoms with E-state index >= 15 is 0 Å². The Morgan fingerprint density at radius 1 is 0.812 bits per heavy atom. The topological polar surface area (TPSA) is 12.0 Å². The van der Waals surface area contributed by atoms with E-state index in [4.69, 9.17) is 0 Å². The number of rotatable bonds is 11. The van der Waals surface area contributed by atoms with Crippen LogP contribution in [0.5, 0.6) is 0 Å². The minimum absolute atomic E-state index is 0.572. The van der Waals surface area contributed by atoms with Crippen molar-refractivity contribution in [1.29, 1.82) is 0 Å². The van der Waals surface area contributed by atoms with Crippen molar-refractivity contribution >= 4 is 0 Å². The molecule has 0 fully saturated rings. The standard InChI is InChI=1S/C15H33N/c1-5-9-10-11-12-15(7-3,8-4)14-16-13-6-2/h16H,5-14H2,1-4H3. The molecule has 1 N–H and O–H groups in total. The van der Waals surface area contributed by atoms with E-state index in [1.54, 1.807) is 0 Å². The van der Waals surface area contributed by atoms with Crippen molar-refractivity contribution < 1.29 is 0 Å². The van der Waals surface area contributed by atoms with Crippen molar-refractivity contribution in [2.45, 2.75) is 79.1 Å². The molecule has 1 heteroatoms. The maximum atomic E-state index is 3.62. The molecule has 0 aromatic heterocycles. The molecule has 0 aromatic carbocycles. The summed E-state index contributed by atoms with van der Waals surface area (Å²) in [7, 11) is 0. The second-order valence-corrected chi connectivity index (χ2v) is 5.19. The lowest BCUT2D eigenvalue weighted by Crippen LogP contribution is -2.34. The number of hydrogen-bond donors (Lipinski definition) is 1. The Hall–Kier alpha value is -0.0400. The summed E-state index contributed by atoms with van der Waals surface area (Å²) in [5.41, 5.74) is 0.572. The van der Waals surface area contributed by atoms with Gasteiger partial charge in [0.25, 0.3) is 0 Å². The molecule has 0 atom stereocenters. The van der Waals surface area contributed by atoms with Gasteiger partial charge in [0.2, 0.25) is 0 Å². The highest BCUT2D eigenvalue weighted by Gasteiger charge is 2.24. The fourth-order valence-electron chi connectivity index (χ4n) is 2.40. The van der Waals surface area contributed by atoms with Crippen molar-refractivity contribution in [1.82, 2.24) is 5.32 Å². The largest absolute Gasteiger partial charge is 0.316 e. The van der Waals surface area contributed by atoms with E-state index in [1.807, 2.05) is 0 Å². The van der Waals surface area contributed by atoms with E-state index in [0.717, 1.165) is 0 Å². The van der Waals surface area contributed by atoms with Gasteiger partial charge >= 0.3 is 0 Å². The van der Waals surface area contributed by atoms with E-state index < -0.39 is 0 Å². The predicted octanol–water partition coefficient (Wildman–Crippen LogP) is 4.76. The third kappa shape index (κ3) is 6.52. The zero-order chi connectivity index (χ0) is 12.3. The van der Waals surface area contributed by atoms with Crippen LogP contribution in [0.2, 0.25) is 0 Å². The minimum Gasteiger partial charge on any atom is -0.316 e. The van der Waals surface area contributed by atoms with Gasteiger partial charge in [0, 0.05) is 6.54 Å². The highest BCUT2D eigenvalue weighted by atomic mass is 14.9. The van der Waals surface area contributed by atoms with Gasteiger partial charge in [-0.3, -0.25) is 0 Å². The Balaban J connectivity index is 3.90. The summed E-state index contributed by atoms with van der Waals surface area (Å²) < 4.78 is 0. The maximum Gasteiger partial charge on any atom is 0.000760 e. The molecule has 1 nitrogen and oxygen atoms in total. The quantitative estimate of drug-likeness (QED) is 0.502. The first-order valence-electron chi connectivity index (χ1n) is 7.45. The molecule has 0 saturated heterocycles. The summed E-state index contributed by atoms with van der Waals surface area (Å²) in [4.78, 5) is 0. The molecular weight excluding hydrogens is 194 g/mol. The van der Waals surface area contributed by atoms with Crippen molar-refractivity contribution in [2.24, 2.45) is 5.41 Å². The van der Waals surface area contributed by atoms with Crippen molar-refractivity contribution in [3.05, 3.63) is 0 Å². The molecule has 0 aliphatic carbocycles. The lowest BCUT2D eigenvalue weighted by Gasteiger charge is -2.32. The Bertz CT molecular complexity index is 138. The van der Waals surface area contributed by atoms with Crippen molar-refractivity contribution in [3.8, 4) is 0 Å². The second-order valence-electron chi connectivity index (χ2n) is 5.19. The normalized spacial score (nSPS) is 12.0. The average molecular weight is 227 g/mol. The number of nitrogens with one attached hydrogen (secondary N) is 1. The Kier molecular flexibility index (Phi) is 10.1. The number of unbranched alkanes of at least 4 members (excludes halogenated alkanes) is 3. The zero-order valence-electron chi connectivity index (χ0n) is 12.1. The van der Waals surface area contributed by atoms with Crippen LogP contribution in [0, 0.1) is 5.41 Å². The zero-order valence-corrected chi connectivity index (χ0v) is 12.1. The summed E-state index contributed by atoms with van der Waals surface area (Å²) >= 11 is 0. The van der Waals surface area contributed by atoms with Crippen LogP contribution >= 0.6 is 0 Å². The van der Waals surface area contributed by atoms with Crippen molar-refractivity contribution in [3.63, 3.8) is 0 Å². The third-order valence-corrected chi connectivity index (χ3v) is 3.99. The minimum atomic E-state index is 0.572. The van der Waals surface area contributed by atoms with Crippen LogP contribution in [-0.4, -0.2) is 13.1 Å². The molecule has 0 radical (unpaired) electrons. The summed E-state index contributed by atoms with van der Waals surface area (Å²) in [5, 5.41) is 3.62. The molecule has 0 rings (SSSR count). The summed E-state index contributed by atoms with van der Waals surface area (Å²) in [6.07, 6.45) is 10.9. The van der Waals surface area contributed by atoms with Gasteiger partial charge in [-0.05, 0) is 37.6 Å². The van der Waals surface area contributed by atoms with Gasteiger partial charge in [-0.25, -0.2) is 0 Å². The monoisotopic (exact) mass is 227 g/mol. The lowest BCUT2D eigenvalue weighted by molar-refractivity contribution is 0.220. The van der Waals surface area contributed by atoms with E-state index in [0.29, 0.717) is 5.41 Å². The van der Waals surface area contributed by atoms with Crippen LogP contribution in [-0.2, 0) is 0 Å². The first-order chi connectivity index (χ1) is 7.74. The van der Waals surface area contributed by atoms with E-state index in [2.05, 4.69) is 33.0 Å². The first-order valence-corrected chi connectivity index (χ1v) is 7.45. The van der Waals surface area contributed by atoms with Gasteiger partial charge in [-0.1, -0.05) is 53.4 Å². The molecule has 98 valence electrons. The molecule has 0 spiro atoms. The van der Waals surface area contributed by atoms with Gasteiger partial charge in [0.05, 0.1) is 0 Å². The van der Waals surface area contributed by atoms with Gasteiger partial charge in [0.15, 0.2) is 0 Å². The number of hydrogen-bond acceptors (Lipinski definition) is 1. The van der Waals surface area contributed by atoms with Crippen LogP contribution in [0.25, 0.3) is 0 Å². The molecule has 16 heavy (non-hydrogen) atoms. The van der Waals surface area contributed by atoms with Crippen LogP contribution in [0.4, 0.5) is 0 Å². The lowest BCUT2D eigenvalue weighted by atomic mass is 9.77.